The molecule has 0 aromatic heterocycles. The molecule has 2 saturated heterocycles. The highest BCUT2D eigenvalue weighted by Gasteiger charge is 2.46. The maximum absolute atomic E-state index is 6.17. The zero-order valence-electron chi connectivity index (χ0n) is 11.3. The highest BCUT2D eigenvalue weighted by atomic mass is 16.5. The van der Waals surface area contributed by atoms with Crippen LogP contribution in [0.1, 0.15) is 53.4 Å². The minimum atomic E-state index is 0.0778. The van der Waals surface area contributed by atoms with Crippen LogP contribution < -0.4 is 5.32 Å². The Balaban J connectivity index is 1.93. The number of rotatable bonds is 2. The van der Waals surface area contributed by atoms with Gasteiger partial charge < -0.3 is 10.1 Å². The zero-order valence-corrected chi connectivity index (χ0v) is 11.3. The van der Waals surface area contributed by atoms with Crippen LogP contribution in [0.3, 0.4) is 0 Å². The van der Waals surface area contributed by atoms with Crippen molar-refractivity contribution in [2.45, 2.75) is 64.6 Å². The molecule has 2 heteroatoms. The van der Waals surface area contributed by atoms with Crippen molar-refractivity contribution in [1.82, 2.24) is 5.32 Å². The minimum absolute atomic E-state index is 0.0778. The lowest BCUT2D eigenvalue weighted by Crippen LogP contribution is -2.33. The Morgan fingerprint density at radius 3 is 2.25 bits per heavy atom. The SMILES string of the molecule is CC1(C)CC(CC2CCNCC2)C(C)(C)O1. The predicted octanol–water partition coefficient (Wildman–Crippen LogP) is 2.97. The van der Waals surface area contributed by atoms with E-state index in [-0.39, 0.29) is 11.2 Å². The third kappa shape index (κ3) is 2.78. The molecule has 1 atom stereocenters. The zero-order chi connectivity index (χ0) is 11.8. The summed E-state index contributed by atoms with van der Waals surface area (Å²) >= 11 is 0. The Morgan fingerprint density at radius 2 is 1.75 bits per heavy atom. The van der Waals surface area contributed by atoms with Crippen LogP contribution in [-0.4, -0.2) is 24.3 Å². The van der Waals surface area contributed by atoms with Gasteiger partial charge in [0.1, 0.15) is 0 Å². The average molecular weight is 225 g/mol. The quantitative estimate of drug-likeness (QED) is 0.780. The van der Waals surface area contributed by atoms with E-state index in [4.69, 9.17) is 4.74 Å². The number of hydrogen-bond acceptors (Lipinski definition) is 2. The molecule has 2 nitrogen and oxygen atoms in total. The first-order valence-corrected chi connectivity index (χ1v) is 6.80. The van der Waals surface area contributed by atoms with E-state index in [1.807, 2.05) is 0 Å². The Morgan fingerprint density at radius 1 is 1.12 bits per heavy atom. The summed E-state index contributed by atoms with van der Waals surface area (Å²) in [6.07, 6.45) is 5.29. The summed E-state index contributed by atoms with van der Waals surface area (Å²) in [5.41, 5.74) is 0.162. The van der Waals surface area contributed by atoms with Crippen LogP contribution in [-0.2, 0) is 4.74 Å². The summed E-state index contributed by atoms with van der Waals surface area (Å²) in [6, 6.07) is 0. The molecule has 0 radical (unpaired) electrons. The van der Waals surface area contributed by atoms with Crippen LogP contribution in [0.15, 0.2) is 0 Å². The van der Waals surface area contributed by atoms with E-state index in [1.54, 1.807) is 0 Å². The van der Waals surface area contributed by atoms with Crippen LogP contribution in [0.25, 0.3) is 0 Å². The molecule has 2 aliphatic heterocycles. The summed E-state index contributed by atoms with van der Waals surface area (Å²) < 4.78 is 6.17. The van der Waals surface area contributed by atoms with E-state index in [1.165, 1.54) is 38.8 Å². The lowest BCUT2D eigenvalue weighted by atomic mass is 9.78. The summed E-state index contributed by atoms with van der Waals surface area (Å²) in [6.45, 7) is 11.4. The fourth-order valence-electron chi connectivity index (χ4n) is 3.56. The van der Waals surface area contributed by atoms with Gasteiger partial charge in [-0.1, -0.05) is 0 Å². The van der Waals surface area contributed by atoms with E-state index in [2.05, 4.69) is 33.0 Å². The maximum atomic E-state index is 6.17. The molecule has 16 heavy (non-hydrogen) atoms. The Hall–Kier alpha value is -0.0800. The highest BCUT2D eigenvalue weighted by Crippen LogP contribution is 2.45. The minimum Gasteiger partial charge on any atom is -0.369 e. The van der Waals surface area contributed by atoms with Crippen LogP contribution in [0.2, 0.25) is 0 Å². The van der Waals surface area contributed by atoms with E-state index < -0.39 is 0 Å². The summed E-state index contributed by atoms with van der Waals surface area (Å²) in [7, 11) is 0. The fraction of sp³-hybridized carbons (Fsp3) is 1.00. The smallest absolute Gasteiger partial charge is 0.0662 e. The molecule has 2 heterocycles. The van der Waals surface area contributed by atoms with E-state index in [0.29, 0.717) is 0 Å². The van der Waals surface area contributed by atoms with E-state index in [0.717, 1.165) is 11.8 Å². The molecular formula is C14H27NO. The Kier molecular flexibility index (Phi) is 3.33. The van der Waals surface area contributed by atoms with Gasteiger partial charge in [-0.2, -0.15) is 0 Å². The fourth-order valence-corrected chi connectivity index (χ4v) is 3.56. The molecule has 2 fully saturated rings. The van der Waals surface area contributed by atoms with Gasteiger partial charge in [-0.15, -0.1) is 0 Å². The number of ether oxygens (including phenoxy) is 1. The molecule has 0 saturated carbocycles. The topological polar surface area (TPSA) is 21.3 Å². The van der Waals surface area contributed by atoms with Crippen molar-refractivity contribution in [2.24, 2.45) is 11.8 Å². The molecule has 0 spiro atoms. The summed E-state index contributed by atoms with van der Waals surface area (Å²) in [5.74, 6) is 1.66. The molecule has 1 N–H and O–H groups in total. The molecule has 0 aromatic rings. The number of nitrogens with one attached hydrogen (secondary N) is 1. The van der Waals surface area contributed by atoms with E-state index >= 15 is 0 Å². The monoisotopic (exact) mass is 225 g/mol. The first-order chi connectivity index (χ1) is 7.39. The highest BCUT2D eigenvalue weighted by molar-refractivity contribution is 4.95. The second-order valence-corrected chi connectivity index (χ2v) is 6.80. The van der Waals surface area contributed by atoms with Crippen molar-refractivity contribution >= 4 is 0 Å². The molecule has 1 unspecified atom stereocenters. The summed E-state index contributed by atoms with van der Waals surface area (Å²) in [4.78, 5) is 0. The summed E-state index contributed by atoms with van der Waals surface area (Å²) in [5, 5.41) is 3.45. The standard InChI is InChI=1S/C14H27NO/c1-13(2)10-12(14(3,4)16-13)9-11-5-7-15-8-6-11/h11-12,15H,5-10H2,1-4H3. The van der Waals surface area contributed by atoms with Gasteiger partial charge in [-0.25, -0.2) is 0 Å². The number of piperidine rings is 1. The van der Waals surface area contributed by atoms with Gasteiger partial charge in [0.2, 0.25) is 0 Å². The average Bonchev–Trinajstić information content (AvgIpc) is 2.36. The van der Waals surface area contributed by atoms with Gasteiger partial charge in [0, 0.05) is 0 Å². The second-order valence-electron chi connectivity index (χ2n) is 6.80. The molecule has 2 rings (SSSR count). The van der Waals surface area contributed by atoms with Crippen LogP contribution in [0.5, 0.6) is 0 Å². The molecule has 0 amide bonds. The third-order valence-electron chi connectivity index (χ3n) is 4.34. The van der Waals surface area contributed by atoms with Crippen molar-refractivity contribution in [3.05, 3.63) is 0 Å². The normalized spacial score (nSPS) is 34.1. The lowest BCUT2D eigenvalue weighted by Gasteiger charge is -2.31. The van der Waals surface area contributed by atoms with Gasteiger partial charge in [-0.05, 0) is 78.3 Å². The number of hydrogen-bond donors (Lipinski definition) is 1. The molecule has 0 bridgehead atoms. The first kappa shape index (κ1) is 12.4. The van der Waals surface area contributed by atoms with Crippen LogP contribution >= 0.6 is 0 Å². The van der Waals surface area contributed by atoms with E-state index in [9.17, 15) is 0 Å². The Bertz CT molecular complexity index is 241. The first-order valence-electron chi connectivity index (χ1n) is 6.80. The van der Waals surface area contributed by atoms with Gasteiger partial charge in [-0.3, -0.25) is 0 Å². The molecule has 0 aromatic carbocycles. The Labute approximate surface area is 100 Å². The molecule has 0 aliphatic carbocycles. The molecule has 94 valence electrons. The van der Waals surface area contributed by atoms with Crippen molar-refractivity contribution < 1.29 is 4.74 Å². The van der Waals surface area contributed by atoms with Gasteiger partial charge >= 0.3 is 0 Å². The molecular weight excluding hydrogens is 198 g/mol. The van der Waals surface area contributed by atoms with Crippen LogP contribution in [0, 0.1) is 11.8 Å². The molecule has 2 aliphatic rings. The van der Waals surface area contributed by atoms with Crippen molar-refractivity contribution in [3.8, 4) is 0 Å². The second kappa shape index (κ2) is 4.30. The predicted molar refractivity (Wildman–Crippen MR) is 67.6 cm³/mol. The van der Waals surface area contributed by atoms with Gasteiger partial charge in [0.15, 0.2) is 0 Å². The van der Waals surface area contributed by atoms with Crippen molar-refractivity contribution in [1.29, 1.82) is 0 Å². The van der Waals surface area contributed by atoms with Crippen LogP contribution in [0.4, 0.5) is 0 Å². The lowest BCUT2D eigenvalue weighted by molar-refractivity contribution is -0.0766. The van der Waals surface area contributed by atoms with Gasteiger partial charge in [0.25, 0.3) is 0 Å². The van der Waals surface area contributed by atoms with Crippen molar-refractivity contribution in [2.75, 3.05) is 13.1 Å². The largest absolute Gasteiger partial charge is 0.369 e. The maximum Gasteiger partial charge on any atom is 0.0662 e. The van der Waals surface area contributed by atoms with Gasteiger partial charge in [0.05, 0.1) is 11.2 Å². The third-order valence-corrected chi connectivity index (χ3v) is 4.34. The van der Waals surface area contributed by atoms with Crippen molar-refractivity contribution in [3.63, 3.8) is 0 Å².